The van der Waals surface area contributed by atoms with Crippen LogP contribution in [-0.4, -0.2) is 110 Å². The van der Waals surface area contributed by atoms with E-state index in [9.17, 15) is 33.2 Å². The van der Waals surface area contributed by atoms with Gasteiger partial charge in [-0.2, -0.15) is 0 Å². The summed E-state index contributed by atoms with van der Waals surface area (Å²) in [5, 5.41) is 9.65. The Balaban J connectivity index is 1.01. The van der Waals surface area contributed by atoms with Crippen LogP contribution in [0.5, 0.6) is 11.5 Å². The number of morpholine rings is 1. The van der Waals surface area contributed by atoms with Gasteiger partial charge in [-0.25, -0.2) is 13.8 Å². The lowest BCUT2D eigenvalue weighted by Gasteiger charge is -2.39. The number of benzene rings is 3. The number of carbonyl (C=O) groups excluding carboxylic acids is 6. The molecule has 0 spiro atoms. The lowest BCUT2D eigenvalue weighted by molar-refractivity contribution is -0.665. The second-order valence-corrected chi connectivity index (χ2v) is 18.6. The van der Waals surface area contributed by atoms with Crippen molar-refractivity contribution in [3.8, 4) is 11.5 Å². The minimum absolute atomic E-state index is 0.106. The summed E-state index contributed by atoms with van der Waals surface area (Å²) < 4.78 is 33.8. The molecule has 0 radical (unpaired) electrons. The van der Waals surface area contributed by atoms with Crippen LogP contribution in [0.4, 0.5) is 26.4 Å². The molecule has 7 rings (SSSR count). The molecule has 1 aromatic heterocycles. The Bertz CT molecular complexity index is 2580. The topological polar surface area (TPSA) is 215 Å². The van der Waals surface area contributed by atoms with Gasteiger partial charge in [-0.1, -0.05) is 31.4 Å². The number of urea groups is 1. The molecule has 1 saturated carbocycles. The first-order valence-corrected chi connectivity index (χ1v) is 24.7. The quantitative estimate of drug-likeness (QED) is 0.0220. The number of anilines is 3. The highest BCUT2D eigenvalue weighted by Crippen LogP contribution is 2.45. The predicted molar refractivity (Wildman–Crippen MR) is 265 cm³/mol. The molecule has 4 aromatic rings. The van der Waals surface area contributed by atoms with E-state index < -0.39 is 17.4 Å². The van der Waals surface area contributed by atoms with Gasteiger partial charge < -0.3 is 35.9 Å². The summed E-state index contributed by atoms with van der Waals surface area (Å²) in [4.78, 5) is 85.1. The Morgan fingerprint density at radius 1 is 0.887 bits per heavy atom. The summed E-state index contributed by atoms with van der Waals surface area (Å²) >= 11 is 0. The molecule has 18 heteroatoms. The Morgan fingerprint density at radius 3 is 2.31 bits per heavy atom. The largest absolute Gasteiger partial charge is 0.493 e. The van der Waals surface area contributed by atoms with Crippen molar-refractivity contribution in [3.63, 3.8) is 0 Å². The van der Waals surface area contributed by atoms with Crippen LogP contribution in [0.3, 0.4) is 0 Å². The highest BCUT2D eigenvalue weighted by atomic mass is 19.1. The summed E-state index contributed by atoms with van der Waals surface area (Å²) in [5.74, 6) is -0.746. The van der Waals surface area contributed by atoms with Gasteiger partial charge in [-0.15, -0.1) is 0 Å². The molecule has 2 fully saturated rings. The van der Waals surface area contributed by atoms with Crippen LogP contribution >= 0.6 is 0 Å². The zero-order valence-electron chi connectivity index (χ0n) is 40.8. The van der Waals surface area contributed by atoms with Gasteiger partial charge in [0.05, 0.1) is 37.7 Å². The first-order chi connectivity index (χ1) is 34.3. The monoisotopic (exact) mass is 977 g/mol. The van der Waals surface area contributed by atoms with Gasteiger partial charge in [-0.05, 0) is 98.3 Å². The minimum atomic E-state index is -1.11. The van der Waals surface area contributed by atoms with Gasteiger partial charge in [-0.3, -0.25) is 33.8 Å². The van der Waals surface area contributed by atoms with Crippen LogP contribution in [0.25, 0.3) is 10.9 Å². The van der Waals surface area contributed by atoms with Crippen molar-refractivity contribution < 1.29 is 51.9 Å². The third kappa shape index (κ3) is 13.8. The third-order valence-corrected chi connectivity index (χ3v) is 13.7. The summed E-state index contributed by atoms with van der Waals surface area (Å²) in [5.41, 5.74) is 7.55. The van der Waals surface area contributed by atoms with Crippen molar-refractivity contribution in [2.24, 2.45) is 17.1 Å². The number of ether oxygens (including phenoxy) is 3. The number of amides is 5. The Kier molecular flexibility index (Phi) is 18.2. The Hall–Kier alpha value is -6.79. The number of methoxy groups -OCH3 is 1. The fraction of sp³-hybridized carbons (Fsp3) is 0.472. The average molecular weight is 978 g/mol. The van der Waals surface area contributed by atoms with E-state index >= 15 is 0 Å². The molecule has 3 aliphatic rings. The number of ketones is 2. The van der Waals surface area contributed by atoms with E-state index in [2.05, 4.69) is 20.9 Å². The maximum atomic E-state index is 14.2. The number of primary amides is 1. The lowest BCUT2D eigenvalue weighted by Crippen LogP contribution is -2.46. The van der Waals surface area contributed by atoms with Gasteiger partial charge in [0.1, 0.15) is 29.4 Å². The fourth-order valence-corrected chi connectivity index (χ4v) is 9.37. The number of rotatable bonds is 27. The SMILES string of the molecule is COc1cc2c(cc1OCCCN1CCOCC1)c(Nc1ccc(F)c(C)c1)nc[n+]2Cc1ccc(NC(=O)[C@H](CCCNC(N)=O)CC(=O)C2(C(=O)CCCCCCN3C(=O)C=CC3=O)CCC2)cc1. The van der Waals surface area contributed by atoms with Crippen LogP contribution in [0, 0.1) is 24.1 Å². The number of nitrogens with two attached hydrogens (primary N) is 1. The number of aryl methyl sites for hydroxylation is 1. The van der Waals surface area contributed by atoms with Crippen molar-refractivity contribution in [2.75, 3.05) is 70.3 Å². The number of Topliss-reactive ketones (excluding diaryl/α,β-unsaturated/α-hetero) is 2. The molecule has 3 aromatic carbocycles. The van der Waals surface area contributed by atoms with Crippen LogP contribution < -0.4 is 35.7 Å². The van der Waals surface area contributed by atoms with E-state index in [1.807, 2.05) is 28.8 Å². The number of halogens is 1. The van der Waals surface area contributed by atoms with E-state index in [1.165, 1.54) is 23.1 Å². The number of aromatic nitrogens is 2. The number of fused-ring (bicyclic) bond motifs is 1. The van der Waals surface area contributed by atoms with Gasteiger partial charge in [0.15, 0.2) is 11.5 Å². The average Bonchev–Trinajstić information content (AvgIpc) is 3.67. The second kappa shape index (κ2) is 24.9. The molecule has 378 valence electrons. The van der Waals surface area contributed by atoms with Crippen LogP contribution in [-0.2, 0) is 35.3 Å². The smallest absolute Gasteiger partial charge is 0.312 e. The number of hydrogen-bond donors (Lipinski definition) is 4. The summed E-state index contributed by atoms with van der Waals surface area (Å²) in [6.45, 7) is 7.27. The molecule has 5 amide bonds. The first-order valence-electron chi connectivity index (χ1n) is 24.7. The van der Waals surface area contributed by atoms with Gasteiger partial charge in [0.25, 0.3) is 24.0 Å². The van der Waals surface area contributed by atoms with Gasteiger partial charge >= 0.3 is 6.03 Å². The van der Waals surface area contributed by atoms with E-state index in [1.54, 1.807) is 44.6 Å². The normalized spacial score (nSPS) is 15.8. The molecule has 1 aliphatic carbocycles. The predicted octanol–water partition coefficient (Wildman–Crippen LogP) is 6.45. The number of nitrogens with zero attached hydrogens (tertiary/aromatic N) is 4. The van der Waals surface area contributed by atoms with Gasteiger partial charge in [0.2, 0.25) is 5.91 Å². The first kappa shape index (κ1) is 52.0. The lowest BCUT2D eigenvalue weighted by atomic mass is 9.61. The number of carbonyl (C=O) groups is 6. The highest BCUT2D eigenvalue weighted by Gasteiger charge is 2.49. The zero-order chi connectivity index (χ0) is 50.3. The molecule has 3 heterocycles. The van der Waals surface area contributed by atoms with Gasteiger partial charge in [0, 0.05) is 87.1 Å². The zero-order valence-corrected chi connectivity index (χ0v) is 40.8. The molecule has 17 nitrogen and oxygen atoms in total. The molecule has 1 saturated heterocycles. The van der Waals surface area contributed by atoms with E-state index in [0.29, 0.717) is 92.5 Å². The van der Waals surface area contributed by atoms with Crippen molar-refractivity contribution in [2.45, 2.75) is 90.5 Å². The van der Waals surface area contributed by atoms with E-state index in [-0.39, 0.29) is 60.9 Å². The molecule has 71 heavy (non-hydrogen) atoms. The fourth-order valence-electron chi connectivity index (χ4n) is 9.37. The Morgan fingerprint density at radius 2 is 1.62 bits per heavy atom. The number of nitrogens with one attached hydrogen (secondary N) is 3. The Labute approximate surface area is 413 Å². The number of hydrogen-bond acceptors (Lipinski definition) is 12. The molecule has 0 bridgehead atoms. The van der Waals surface area contributed by atoms with Crippen molar-refractivity contribution in [1.29, 1.82) is 0 Å². The van der Waals surface area contributed by atoms with E-state index in [0.717, 1.165) is 68.6 Å². The van der Waals surface area contributed by atoms with Crippen LogP contribution in [0.1, 0.15) is 88.2 Å². The van der Waals surface area contributed by atoms with Crippen molar-refractivity contribution in [1.82, 2.24) is 20.1 Å². The molecule has 5 N–H and O–H groups in total. The molecule has 0 unspecified atom stereocenters. The standard InChI is InChI=1S/C53H65FN8O9/c1-36-30-40(16-17-42(36)54)58-50-41-32-45(71-27-9-23-60-25-28-70-29-26-60)44(69-2)33-43(41)61(35-57-50)34-37-12-14-39(15-13-37)59-51(67)38(10-7-22-56-52(55)68)31-47(64)53(20-8-21-53)46(63)11-5-3-4-6-24-62-48(65)18-19-49(62)66/h12-19,30,32-33,35,38H,3-11,20-29,31,34H2,1-2H3,(H4,55,56,59,67,68)/p+1/t38-/m1/s1. The molecule has 2 aliphatic heterocycles. The van der Waals surface area contributed by atoms with Crippen molar-refractivity contribution in [3.05, 3.63) is 90.0 Å². The number of unbranched alkanes of at least 4 members (excludes halogenated alkanes) is 3. The maximum Gasteiger partial charge on any atom is 0.312 e. The third-order valence-electron chi connectivity index (χ3n) is 13.7. The van der Waals surface area contributed by atoms with Crippen LogP contribution in [0.2, 0.25) is 0 Å². The molecular weight excluding hydrogens is 912 g/mol. The summed E-state index contributed by atoms with van der Waals surface area (Å²) in [6, 6.07) is 15.3. The maximum absolute atomic E-state index is 14.2. The number of imide groups is 1. The molecule has 1 atom stereocenters. The summed E-state index contributed by atoms with van der Waals surface area (Å²) in [7, 11) is 1.60. The molecular formula is C53H66FN8O9+. The second-order valence-electron chi connectivity index (χ2n) is 18.6. The van der Waals surface area contributed by atoms with E-state index in [4.69, 9.17) is 24.9 Å². The summed E-state index contributed by atoms with van der Waals surface area (Å²) in [6.07, 6.45) is 10.2. The van der Waals surface area contributed by atoms with Crippen molar-refractivity contribution >= 4 is 63.4 Å². The highest BCUT2D eigenvalue weighted by molar-refractivity contribution is 6.13. The van der Waals surface area contributed by atoms with Crippen LogP contribution in [0.15, 0.2) is 73.1 Å². The minimum Gasteiger partial charge on any atom is -0.493 e.